The first-order valence-electron chi connectivity index (χ1n) is 7.71. The number of carbonyl (C=O) groups is 3. The minimum Gasteiger partial charge on any atom is -0.508 e. The first kappa shape index (κ1) is 28.8. The Morgan fingerprint density at radius 2 is 1.69 bits per heavy atom. The number of nitrogens with two attached hydrogens (primary N) is 1. The Kier molecular flexibility index (Phi) is 9.79. The van der Waals surface area contributed by atoms with E-state index in [-0.39, 0.29) is 27.7 Å². The van der Waals surface area contributed by atoms with Gasteiger partial charge in [0.1, 0.15) is 29.2 Å². The van der Waals surface area contributed by atoms with Crippen molar-refractivity contribution < 1.29 is 46.5 Å². The number of hydrogen-bond acceptors (Lipinski definition) is 6. The number of aliphatic carboxylic acids is 1. The van der Waals surface area contributed by atoms with Gasteiger partial charge in [0.15, 0.2) is 0 Å². The molecule has 0 spiro atoms. The lowest BCUT2D eigenvalue weighted by Crippen LogP contribution is -2.71. The maximum atomic E-state index is 12.3. The van der Waals surface area contributed by atoms with Crippen LogP contribution in [0.2, 0.25) is 0 Å². The number of phenolic OH excluding ortho intramolecular Hbond substituents is 1. The van der Waals surface area contributed by atoms with Crippen LogP contribution in [0.25, 0.3) is 0 Å². The number of β-lactam (4-membered cyclic amide) rings is 1. The highest BCUT2D eigenvalue weighted by molar-refractivity contribution is 8.01. The van der Waals surface area contributed by atoms with Gasteiger partial charge >= 0.3 is 5.97 Å². The van der Waals surface area contributed by atoms with Gasteiger partial charge in [0, 0.05) is 4.75 Å². The molecule has 0 aliphatic carbocycles. The van der Waals surface area contributed by atoms with Gasteiger partial charge in [0.2, 0.25) is 11.8 Å². The lowest BCUT2D eigenvalue weighted by Gasteiger charge is -2.43. The number of nitrogens with zero attached hydrogens (tertiary/aromatic N) is 1. The van der Waals surface area contributed by atoms with Crippen molar-refractivity contribution in [3.8, 4) is 5.75 Å². The number of rotatable bonds is 4. The second-order valence-electron chi connectivity index (χ2n) is 6.65. The second-order valence-corrected chi connectivity index (χ2v) is 8.42. The van der Waals surface area contributed by atoms with Crippen molar-refractivity contribution in [1.82, 2.24) is 10.2 Å². The van der Waals surface area contributed by atoms with Crippen LogP contribution in [-0.4, -0.2) is 77.0 Å². The summed E-state index contributed by atoms with van der Waals surface area (Å²) < 4.78 is -0.648. The minimum atomic E-state index is -1.06. The molecule has 13 N–H and O–H groups in total. The number of aromatic hydroxyl groups is 1. The van der Waals surface area contributed by atoms with E-state index in [4.69, 9.17) is 5.73 Å². The molecule has 4 atom stereocenters. The quantitative estimate of drug-likeness (QED) is 0.349. The van der Waals surface area contributed by atoms with E-state index in [0.29, 0.717) is 5.56 Å². The molecular weight excluding hydrogens is 410 g/mol. The van der Waals surface area contributed by atoms with Crippen LogP contribution in [0.3, 0.4) is 0 Å². The number of benzene rings is 1. The Bertz CT molecular complexity index is 744. The SMILES string of the molecule is CC1(C)S[C@@H]2[C@H](NC(=O)[C@H](N)c3ccc(O)cc3)C(=O)N2[C@H]1C(=O)O.O.O.O.O. The van der Waals surface area contributed by atoms with Crippen LogP contribution in [0.4, 0.5) is 0 Å². The Hall–Kier alpha value is -2.42. The summed E-state index contributed by atoms with van der Waals surface area (Å²) in [6, 6.07) is 3.21. The zero-order valence-corrected chi connectivity index (χ0v) is 16.5. The molecule has 2 heterocycles. The van der Waals surface area contributed by atoms with Gasteiger partial charge in [-0.25, -0.2) is 4.79 Å². The molecule has 13 heteroatoms. The highest BCUT2D eigenvalue weighted by Gasteiger charge is 2.64. The predicted octanol–water partition coefficient (Wildman–Crippen LogP) is -3.28. The van der Waals surface area contributed by atoms with Crippen molar-refractivity contribution in [3.05, 3.63) is 29.8 Å². The van der Waals surface area contributed by atoms with E-state index in [9.17, 15) is 24.6 Å². The lowest BCUT2D eigenvalue weighted by molar-refractivity contribution is -0.161. The van der Waals surface area contributed by atoms with Crippen molar-refractivity contribution in [2.24, 2.45) is 5.73 Å². The van der Waals surface area contributed by atoms with Gasteiger partial charge in [-0.15, -0.1) is 11.8 Å². The first-order valence-corrected chi connectivity index (χ1v) is 8.59. The van der Waals surface area contributed by atoms with E-state index in [1.807, 2.05) is 0 Å². The molecule has 2 aliphatic rings. The summed E-state index contributed by atoms with van der Waals surface area (Å²) in [4.78, 5) is 37.5. The van der Waals surface area contributed by atoms with Crippen molar-refractivity contribution in [3.63, 3.8) is 0 Å². The highest BCUT2D eigenvalue weighted by atomic mass is 32.2. The summed E-state index contributed by atoms with van der Waals surface area (Å²) in [5, 5.41) is 20.9. The molecule has 1 aromatic carbocycles. The van der Waals surface area contributed by atoms with Gasteiger partial charge in [-0.3, -0.25) is 9.59 Å². The largest absolute Gasteiger partial charge is 0.508 e. The lowest BCUT2D eigenvalue weighted by atomic mass is 9.95. The summed E-state index contributed by atoms with van der Waals surface area (Å²) in [5.41, 5.74) is 6.41. The maximum absolute atomic E-state index is 12.3. The molecule has 0 saturated carbocycles. The maximum Gasteiger partial charge on any atom is 0.327 e. The zero-order chi connectivity index (χ0) is 18.5. The third-order valence-electron chi connectivity index (χ3n) is 4.51. The third kappa shape index (κ3) is 4.77. The van der Waals surface area contributed by atoms with Gasteiger partial charge in [-0.2, -0.15) is 0 Å². The number of amides is 2. The van der Waals surface area contributed by atoms with Gasteiger partial charge in [-0.1, -0.05) is 12.1 Å². The normalized spacial score (nSPS) is 24.2. The molecule has 0 unspecified atom stereocenters. The Morgan fingerprint density at radius 1 is 1.17 bits per heavy atom. The topological polar surface area (TPSA) is 259 Å². The van der Waals surface area contributed by atoms with Crippen molar-refractivity contribution in [2.75, 3.05) is 0 Å². The third-order valence-corrected chi connectivity index (χ3v) is 6.08. The van der Waals surface area contributed by atoms with Crippen LogP contribution < -0.4 is 11.1 Å². The van der Waals surface area contributed by atoms with Gasteiger partial charge in [0.05, 0.1) is 0 Å². The number of carboxylic acid groups (broad SMARTS) is 1. The fourth-order valence-corrected chi connectivity index (χ4v) is 4.85. The number of fused-ring (bicyclic) bond motifs is 1. The summed E-state index contributed by atoms with van der Waals surface area (Å²) in [6.45, 7) is 3.53. The standard InChI is InChI=1S/C16H19N3O5S.4H2O/c1-16(2)11(15(23)24)19-13(22)10(14(19)25-16)18-12(21)9(17)7-3-5-8(20)6-4-7;;;;/h3-6,9-11,14,20H,17H2,1-2H3,(H,18,21)(H,23,24);4*1H2/t9-,10-,11+,14-;;;;/m1..../s1. The molecular formula is C16H27N3O9S. The Morgan fingerprint density at radius 3 is 2.17 bits per heavy atom. The van der Waals surface area contributed by atoms with Crippen molar-refractivity contribution >= 4 is 29.5 Å². The smallest absolute Gasteiger partial charge is 0.327 e. The molecule has 12 nitrogen and oxygen atoms in total. The Balaban J connectivity index is 0. The van der Waals surface area contributed by atoms with E-state index in [0.717, 1.165) is 0 Å². The molecule has 2 saturated heterocycles. The van der Waals surface area contributed by atoms with Crippen molar-refractivity contribution in [2.45, 2.75) is 42.1 Å². The Labute approximate surface area is 170 Å². The van der Waals surface area contributed by atoms with Crippen LogP contribution >= 0.6 is 11.8 Å². The molecule has 2 aliphatic heterocycles. The fraction of sp³-hybridized carbons (Fsp3) is 0.438. The van der Waals surface area contributed by atoms with E-state index in [1.165, 1.54) is 40.9 Å². The second kappa shape index (κ2) is 9.87. The highest BCUT2D eigenvalue weighted by Crippen LogP contribution is 2.50. The summed E-state index contributed by atoms with van der Waals surface area (Å²) in [7, 11) is 0. The minimum absolute atomic E-state index is 0. The molecule has 3 rings (SSSR count). The van der Waals surface area contributed by atoms with Gasteiger partial charge in [0.25, 0.3) is 0 Å². The molecule has 29 heavy (non-hydrogen) atoms. The van der Waals surface area contributed by atoms with Crippen molar-refractivity contribution in [1.29, 1.82) is 0 Å². The number of carboxylic acids is 1. The van der Waals surface area contributed by atoms with Gasteiger partial charge in [-0.05, 0) is 31.5 Å². The summed E-state index contributed by atoms with van der Waals surface area (Å²) >= 11 is 1.35. The molecule has 0 radical (unpaired) electrons. The molecule has 0 bridgehead atoms. The van der Waals surface area contributed by atoms with Crippen LogP contribution in [0, 0.1) is 0 Å². The number of carbonyl (C=O) groups excluding carboxylic acids is 2. The van der Waals surface area contributed by atoms with E-state index in [2.05, 4.69) is 5.32 Å². The number of nitrogens with one attached hydrogen (secondary N) is 1. The monoisotopic (exact) mass is 437 g/mol. The molecule has 1 aromatic rings. The van der Waals surface area contributed by atoms with E-state index >= 15 is 0 Å². The summed E-state index contributed by atoms with van der Waals surface area (Å²) in [6.07, 6.45) is 0. The first-order chi connectivity index (χ1) is 11.6. The van der Waals surface area contributed by atoms with Crippen LogP contribution in [0.15, 0.2) is 24.3 Å². The molecule has 2 fully saturated rings. The zero-order valence-electron chi connectivity index (χ0n) is 15.7. The average molecular weight is 437 g/mol. The van der Waals surface area contributed by atoms with Gasteiger partial charge < -0.3 is 48.1 Å². The number of hydrogen-bond donors (Lipinski definition) is 4. The predicted molar refractivity (Wildman–Crippen MR) is 105 cm³/mol. The van der Waals surface area contributed by atoms with Crippen LogP contribution in [-0.2, 0) is 14.4 Å². The fourth-order valence-electron chi connectivity index (χ4n) is 3.22. The summed E-state index contributed by atoms with van der Waals surface area (Å²) in [5.74, 6) is -1.94. The van der Waals surface area contributed by atoms with E-state index in [1.54, 1.807) is 13.8 Å². The van der Waals surface area contributed by atoms with Crippen LogP contribution in [0.1, 0.15) is 25.5 Å². The number of thioether (sulfide) groups is 1. The van der Waals surface area contributed by atoms with Crippen LogP contribution in [0.5, 0.6) is 5.75 Å². The molecule has 166 valence electrons. The average Bonchev–Trinajstić information content (AvgIpc) is 2.80. The number of phenols is 1. The van der Waals surface area contributed by atoms with E-state index < -0.39 is 46.0 Å². The molecule has 2 amide bonds. The molecule has 0 aromatic heterocycles.